The normalized spacial score (nSPS) is 23.2. The van der Waals surface area contributed by atoms with Gasteiger partial charge in [0.15, 0.2) is 0 Å². The van der Waals surface area contributed by atoms with Gasteiger partial charge >= 0.3 is 0 Å². The van der Waals surface area contributed by atoms with Crippen molar-refractivity contribution in [1.82, 2.24) is 15.1 Å². The number of carbonyl (C=O) groups excluding carboxylic acids is 1. The van der Waals surface area contributed by atoms with E-state index in [1.807, 2.05) is 23.1 Å². The molecule has 1 aromatic carbocycles. The third-order valence-electron chi connectivity index (χ3n) is 3.97. The van der Waals surface area contributed by atoms with Gasteiger partial charge in [-0.1, -0.05) is 6.07 Å². The second-order valence-corrected chi connectivity index (χ2v) is 5.28. The molecule has 1 aliphatic heterocycles. The third-order valence-corrected chi connectivity index (χ3v) is 3.97. The van der Waals surface area contributed by atoms with Gasteiger partial charge in [0.05, 0.1) is 17.3 Å². The standard InChI is InChI=1S/C14H18N4O/c1-9-5-10(6-15)8-18(9)14(19)11-3-2-4-13-12(11)7-16-17-13/h2-4,7,9-10H,5-6,8,15H2,1H3,(H,16,17)/t9-,10-/m1/s1. The van der Waals surface area contributed by atoms with E-state index >= 15 is 0 Å². The number of fused-ring (bicyclic) bond motifs is 1. The van der Waals surface area contributed by atoms with Gasteiger partial charge in [-0.3, -0.25) is 9.89 Å². The topological polar surface area (TPSA) is 75.0 Å². The van der Waals surface area contributed by atoms with Gasteiger partial charge in [0.2, 0.25) is 0 Å². The predicted octanol–water partition coefficient (Wildman–Crippen LogP) is 1.37. The smallest absolute Gasteiger partial charge is 0.254 e. The van der Waals surface area contributed by atoms with Crippen LogP contribution in [0.1, 0.15) is 23.7 Å². The van der Waals surface area contributed by atoms with Gasteiger partial charge in [0.25, 0.3) is 5.91 Å². The van der Waals surface area contributed by atoms with E-state index in [9.17, 15) is 4.79 Å². The molecule has 2 atom stereocenters. The Labute approximate surface area is 111 Å². The molecule has 5 nitrogen and oxygen atoms in total. The number of hydrogen-bond donors (Lipinski definition) is 2. The van der Waals surface area contributed by atoms with Crippen LogP contribution < -0.4 is 5.73 Å². The van der Waals surface area contributed by atoms with Crippen LogP contribution in [0.3, 0.4) is 0 Å². The van der Waals surface area contributed by atoms with Crippen LogP contribution in [-0.4, -0.2) is 40.1 Å². The van der Waals surface area contributed by atoms with Crippen molar-refractivity contribution >= 4 is 16.8 Å². The minimum Gasteiger partial charge on any atom is -0.336 e. The van der Waals surface area contributed by atoms with Crippen LogP contribution in [0.25, 0.3) is 10.9 Å². The van der Waals surface area contributed by atoms with Crippen molar-refractivity contribution < 1.29 is 4.79 Å². The fourth-order valence-electron chi connectivity index (χ4n) is 2.91. The number of nitrogens with zero attached hydrogens (tertiary/aromatic N) is 2. The van der Waals surface area contributed by atoms with Crippen molar-refractivity contribution in [3.8, 4) is 0 Å². The first-order chi connectivity index (χ1) is 9.20. The number of amides is 1. The van der Waals surface area contributed by atoms with Crippen LogP contribution in [0, 0.1) is 5.92 Å². The molecule has 0 aliphatic carbocycles. The average molecular weight is 258 g/mol. The predicted molar refractivity (Wildman–Crippen MR) is 73.8 cm³/mol. The van der Waals surface area contributed by atoms with E-state index in [0.29, 0.717) is 12.5 Å². The maximum atomic E-state index is 12.7. The highest BCUT2D eigenvalue weighted by atomic mass is 16.2. The SMILES string of the molecule is C[C@@H]1C[C@H](CN)CN1C(=O)c1cccc2[nH]ncc12. The summed E-state index contributed by atoms with van der Waals surface area (Å²) in [5.41, 5.74) is 7.33. The van der Waals surface area contributed by atoms with E-state index in [4.69, 9.17) is 5.73 Å². The van der Waals surface area contributed by atoms with E-state index in [1.54, 1.807) is 6.20 Å². The lowest BCUT2D eigenvalue weighted by Gasteiger charge is -2.21. The number of nitrogens with two attached hydrogens (primary N) is 1. The summed E-state index contributed by atoms with van der Waals surface area (Å²) in [6.45, 7) is 3.48. The quantitative estimate of drug-likeness (QED) is 0.854. The first kappa shape index (κ1) is 12.2. The minimum atomic E-state index is 0.0791. The zero-order chi connectivity index (χ0) is 13.4. The average Bonchev–Trinajstić information content (AvgIpc) is 3.03. The Morgan fingerprint density at radius 1 is 1.58 bits per heavy atom. The van der Waals surface area contributed by atoms with Gasteiger partial charge in [0, 0.05) is 18.0 Å². The molecule has 1 aliphatic rings. The number of aromatic nitrogens is 2. The van der Waals surface area contributed by atoms with E-state index in [2.05, 4.69) is 17.1 Å². The number of nitrogens with one attached hydrogen (secondary N) is 1. The molecule has 2 heterocycles. The Kier molecular flexibility index (Phi) is 2.98. The van der Waals surface area contributed by atoms with Crippen LogP contribution in [0.4, 0.5) is 0 Å². The molecule has 0 radical (unpaired) electrons. The van der Waals surface area contributed by atoms with Crippen LogP contribution in [0.15, 0.2) is 24.4 Å². The summed E-state index contributed by atoms with van der Waals surface area (Å²) < 4.78 is 0. The van der Waals surface area contributed by atoms with E-state index in [1.165, 1.54) is 0 Å². The molecule has 1 fully saturated rings. The van der Waals surface area contributed by atoms with Crippen molar-refractivity contribution in [1.29, 1.82) is 0 Å². The zero-order valence-electron chi connectivity index (χ0n) is 11.0. The van der Waals surface area contributed by atoms with E-state index in [0.717, 1.165) is 29.4 Å². The lowest BCUT2D eigenvalue weighted by Crippen LogP contribution is -2.34. The molecule has 1 aromatic heterocycles. The highest BCUT2D eigenvalue weighted by molar-refractivity contribution is 6.06. The molecule has 19 heavy (non-hydrogen) atoms. The Balaban J connectivity index is 1.94. The molecule has 0 bridgehead atoms. The molecule has 0 spiro atoms. The van der Waals surface area contributed by atoms with Crippen LogP contribution in [0.2, 0.25) is 0 Å². The summed E-state index contributed by atoms with van der Waals surface area (Å²) in [4.78, 5) is 14.6. The molecular weight excluding hydrogens is 240 g/mol. The van der Waals surface area contributed by atoms with Gasteiger partial charge < -0.3 is 10.6 Å². The Morgan fingerprint density at radius 3 is 3.16 bits per heavy atom. The number of aromatic amines is 1. The second-order valence-electron chi connectivity index (χ2n) is 5.28. The molecule has 5 heteroatoms. The van der Waals surface area contributed by atoms with Crippen LogP contribution in [-0.2, 0) is 0 Å². The molecule has 100 valence electrons. The largest absolute Gasteiger partial charge is 0.336 e. The van der Waals surface area contributed by atoms with Gasteiger partial charge in [0.1, 0.15) is 0 Å². The number of carbonyl (C=O) groups is 1. The first-order valence-electron chi connectivity index (χ1n) is 6.64. The fraction of sp³-hybridized carbons (Fsp3) is 0.429. The molecular formula is C14H18N4O. The van der Waals surface area contributed by atoms with Crippen molar-refractivity contribution in [2.24, 2.45) is 11.7 Å². The van der Waals surface area contributed by atoms with Crippen molar-refractivity contribution in [3.05, 3.63) is 30.0 Å². The maximum absolute atomic E-state index is 12.7. The summed E-state index contributed by atoms with van der Waals surface area (Å²) >= 11 is 0. The molecule has 1 amide bonds. The lowest BCUT2D eigenvalue weighted by atomic mass is 10.1. The summed E-state index contributed by atoms with van der Waals surface area (Å²) in [5.74, 6) is 0.498. The summed E-state index contributed by atoms with van der Waals surface area (Å²) in [6, 6.07) is 5.93. The van der Waals surface area contributed by atoms with Crippen molar-refractivity contribution in [2.45, 2.75) is 19.4 Å². The number of H-pyrrole nitrogens is 1. The molecule has 0 unspecified atom stereocenters. The fourth-order valence-corrected chi connectivity index (χ4v) is 2.91. The Morgan fingerprint density at radius 2 is 2.42 bits per heavy atom. The lowest BCUT2D eigenvalue weighted by molar-refractivity contribution is 0.0745. The van der Waals surface area contributed by atoms with Crippen LogP contribution >= 0.6 is 0 Å². The van der Waals surface area contributed by atoms with Crippen molar-refractivity contribution in [2.75, 3.05) is 13.1 Å². The first-order valence-corrected chi connectivity index (χ1v) is 6.64. The molecule has 0 saturated carbocycles. The maximum Gasteiger partial charge on any atom is 0.254 e. The van der Waals surface area contributed by atoms with Gasteiger partial charge in [-0.05, 0) is 37.9 Å². The Hall–Kier alpha value is -1.88. The molecule has 3 rings (SSSR count). The highest BCUT2D eigenvalue weighted by Gasteiger charge is 2.32. The molecule has 3 N–H and O–H groups in total. The highest BCUT2D eigenvalue weighted by Crippen LogP contribution is 2.26. The monoisotopic (exact) mass is 258 g/mol. The summed E-state index contributed by atoms with van der Waals surface area (Å²) in [6.07, 6.45) is 2.70. The van der Waals surface area contributed by atoms with Gasteiger partial charge in [-0.25, -0.2) is 0 Å². The zero-order valence-corrected chi connectivity index (χ0v) is 11.0. The summed E-state index contributed by atoms with van der Waals surface area (Å²) in [5, 5.41) is 7.79. The number of benzene rings is 1. The van der Waals surface area contributed by atoms with Crippen molar-refractivity contribution in [3.63, 3.8) is 0 Å². The van der Waals surface area contributed by atoms with Gasteiger partial charge in [-0.2, -0.15) is 5.10 Å². The van der Waals surface area contributed by atoms with Crippen LogP contribution in [0.5, 0.6) is 0 Å². The second kappa shape index (κ2) is 4.66. The third kappa shape index (κ3) is 2.00. The number of hydrogen-bond acceptors (Lipinski definition) is 3. The van der Waals surface area contributed by atoms with E-state index in [-0.39, 0.29) is 11.9 Å². The Bertz CT molecular complexity index is 606. The molecule has 2 aromatic rings. The number of rotatable bonds is 2. The minimum absolute atomic E-state index is 0.0791. The van der Waals surface area contributed by atoms with E-state index < -0.39 is 0 Å². The number of likely N-dealkylation sites (tertiary alicyclic amines) is 1. The van der Waals surface area contributed by atoms with Gasteiger partial charge in [-0.15, -0.1) is 0 Å². The molecule has 1 saturated heterocycles. The summed E-state index contributed by atoms with van der Waals surface area (Å²) in [7, 11) is 0.